The minimum absolute atomic E-state index is 0.217. The van der Waals surface area contributed by atoms with Crippen LogP contribution in [0.15, 0.2) is 59.9 Å². The fourth-order valence-electron chi connectivity index (χ4n) is 3.90. The maximum Gasteiger partial charge on any atom is 0.573 e. The predicted octanol–water partition coefficient (Wildman–Crippen LogP) is 4.55. The normalized spacial score (nSPS) is 14.7. The first-order valence-corrected chi connectivity index (χ1v) is 13.1. The molecule has 0 unspecified atom stereocenters. The molecule has 39 heavy (non-hydrogen) atoms. The zero-order chi connectivity index (χ0) is 27.9. The van der Waals surface area contributed by atoms with Crippen molar-refractivity contribution in [1.82, 2.24) is 25.3 Å². The summed E-state index contributed by atoms with van der Waals surface area (Å²) in [5, 5.41) is 1.90. The Morgan fingerprint density at radius 3 is 2.51 bits per heavy atom. The minimum atomic E-state index is -5.10. The van der Waals surface area contributed by atoms with Gasteiger partial charge < -0.3 is 10.1 Å². The second-order valence-corrected chi connectivity index (χ2v) is 11.1. The van der Waals surface area contributed by atoms with E-state index >= 15 is 0 Å². The number of pyridine rings is 2. The number of carbonyl (C=O) groups excluding carboxylic acids is 1. The van der Waals surface area contributed by atoms with Gasteiger partial charge in [-0.05, 0) is 56.2 Å². The second-order valence-electron chi connectivity index (χ2n) is 8.86. The van der Waals surface area contributed by atoms with Gasteiger partial charge in [0.15, 0.2) is 9.84 Å². The van der Waals surface area contributed by atoms with Gasteiger partial charge >= 0.3 is 6.36 Å². The fourth-order valence-corrected chi connectivity index (χ4v) is 5.62. The summed E-state index contributed by atoms with van der Waals surface area (Å²) in [5.74, 6) is -2.29. The summed E-state index contributed by atoms with van der Waals surface area (Å²) in [4.78, 5) is 29.9. The first-order valence-electron chi connectivity index (χ1n) is 11.6. The zero-order valence-electron chi connectivity index (χ0n) is 20.1. The molecule has 4 aromatic rings. The number of carbonyl (C=O) groups is 1. The quantitative estimate of drug-likeness (QED) is 0.326. The molecule has 1 aromatic carbocycles. The lowest BCUT2D eigenvalue weighted by molar-refractivity contribution is -0.274. The van der Waals surface area contributed by atoms with Gasteiger partial charge in [0.05, 0.1) is 45.5 Å². The minimum Gasteiger partial charge on any atom is -0.406 e. The molecule has 1 saturated carbocycles. The van der Waals surface area contributed by atoms with Crippen molar-refractivity contribution in [3.63, 3.8) is 0 Å². The highest BCUT2D eigenvalue weighted by molar-refractivity contribution is 7.92. The molecular weight excluding hydrogens is 542 g/mol. The largest absolute Gasteiger partial charge is 0.573 e. The molecule has 0 radical (unpaired) electrons. The number of halogens is 4. The lowest BCUT2D eigenvalue weighted by atomic mass is 10.1. The SMILES string of the molecule is C[C@H](NC(=O)c1cc(OC(F)(F)F)cc(S(=O)(=O)C2CC2)c1)c1nc2ccncc2nc1-c1ccc(F)cn1. The lowest BCUT2D eigenvalue weighted by Crippen LogP contribution is -2.28. The van der Waals surface area contributed by atoms with E-state index in [0.29, 0.717) is 23.9 Å². The molecule has 0 spiro atoms. The number of hydrogen-bond donors (Lipinski definition) is 1. The van der Waals surface area contributed by atoms with Crippen molar-refractivity contribution in [2.24, 2.45) is 0 Å². The number of fused-ring (bicyclic) bond motifs is 1. The van der Waals surface area contributed by atoms with Crippen LogP contribution in [0.4, 0.5) is 17.6 Å². The molecule has 14 heteroatoms. The third-order valence-electron chi connectivity index (χ3n) is 5.89. The van der Waals surface area contributed by atoms with Crippen molar-refractivity contribution >= 4 is 26.8 Å². The Morgan fingerprint density at radius 2 is 1.85 bits per heavy atom. The van der Waals surface area contributed by atoms with E-state index in [-0.39, 0.29) is 22.6 Å². The molecule has 1 fully saturated rings. The van der Waals surface area contributed by atoms with Crippen molar-refractivity contribution in [2.75, 3.05) is 0 Å². The highest BCUT2D eigenvalue weighted by Crippen LogP contribution is 2.36. The number of hydrogen-bond acceptors (Lipinski definition) is 8. The Hall–Kier alpha value is -4.20. The summed E-state index contributed by atoms with van der Waals surface area (Å²) in [6, 6.07) is 5.84. The Kier molecular flexibility index (Phi) is 6.66. The van der Waals surface area contributed by atoms with E-state index in [0.717, 1.165) is 24.4 Å². The Balaban J connectivity index is 1.52. The van der Waals surface area contributed by atoms with E-state index < -0.39 is 49.9 Å². The number of nitrogens with zero attached hydrogens (tertiary/aromatic N) is 4. The van der Waals surface area contributed by atoms with E-state index in [1.54, 1.807) is 13.0 Å². The van der Waals surface area contributed by atoms with Crippen molar-refractivity contribution < 1.29 is 35.5 Å². The topological polar surface area (TPSA) is 124 Å². The third-order valence-corrected chi connectivity index (χ3v) is 8.13. The third kappa shape index (κ3) is 5.79. The summed E-state index contributed by atoms with van der Waals surface area (Å²) in [7, 11) is -3.95. The van der Waals surface area contributed by atoms with Crippen molar-refractivity contribution in [1.29, 1.82) is 0 Å². The van der Waals surface area contributed by atoms with Gasteiger partial charge in [-0.15, -0.1) is 13.2 Å². The molecule has 9 nitrogen and oxygen atoms in total. The van der Waals surface area contributed by atoms with E-state index in [1.807, 2.05) is 0 Å². The fraction of sp³-hybridized carbons (Fsp3) is 0.240. The van der Waals surface area contributed by atoms with Crippen LogP contribution in [0.5, 0.6) is 5.75 Å². The highest BCUT2D eigenvalue weighted by atomic mass is 32.2. The molecular formula is C25H19F4N5O4S. The molecule has 1 aliphatic rings. The molecule has 1 amide bonds. The molecule has 3 heterocycles. The number of aromatic nitrogens is 4. The van der Waals surface area contributed by atoms with Gasteiger partial charge in [-0.2, -0.15) is 0 Å². The van der Waals surface area contributed by atoms with Gasteiger partial charge in [-0.3, -0.25) is 14.8 Å². The van der Waals surface area contributed by atoms with Crippen molar-refractivity contribution in [3.8, 4) is 17.1 Å². The number of alkyl halides is 3. The predicted molar refractivity (Wildman–Crippen MR) is 130 cm³/mol. The van der Waals surface area contributed by atoms with Crippen molar-refractivity contribution in [2.45, 2.75) is 42.3 Å². The number of sulfone groups is 1. The van der Waals surface area contributed by atoms with Gasteiger partial charge in [-0.1, -0.05) is 0 Å². The van der Waals surface area contributed by atoms with E-state index in [9.17, 15) is 30.8 Å². The van der Waals surface area contributed by atoms with Gasteiger partial charge in [0.25, 0.3) is 5.91 Å². The maximum atomic E-state index is 13.5. The molecule has 0 saturated heterocycles. The van der Waals surface area contributed by atoms with Crippen molar-refractivity contribution in [3.05, 3.63) is 72.1 Å². The number of rotatable bonds is 7. The number of amides is 1. The first kappa shape index (κ1) is 26.4. The van der Waals surface area contributed by atoms with Crippen LogP contribution in [0.1, 0.15) is 41.9 Å². The number of ether oxygens (including phenoxy) is 1. The lowest BCUT2D eigenvalue weighted by Gasteiger charge is -2.18. The van der Waals surface area contributed by atoms with Crippen LogP contribution in [-0.4, -0.2) is 45.9 Å². The van der Waals surface area contributed by atoms with E-state index in [1.165, 1.54) is 24.5 Å². The van der Waals surface area contributed by atoms with Crippen LogP contribution in [0, 0.1) is 5.82 Å². The summed E-state index contributed by atoms with van der Waals surface area (Å²) in [6.45, 7) is 1.56. The summed E-state index contributed by atoms with van der Waals surface area (Å²) < 4.78 is 81.8. The number of benzene rings is 1. The average Bonchev–Trinajstić information content (AvgIpc) is 3.73. The Bertz CT molecular complexity index is 1680. The number of nitrogens with one attached hydrogen (secondary N) is 1. The molecule has 1 atom stereocenters. The molecule has 3 aromatic heterocycles. The summed E-state index contributed by atoms with van der Waals surface area (Å²) >= 11 is 0. The monoisotopic (exact) mass is 561 g/mol. The van der Waals surface area contributed by atoms with Gasteiger partial charge in [0.2, 0.25) is 0 Å². The highest BCUT2D eigenvalue weighted by Gasteiger charge is 2.38. The van der Waals surface area contributed by atoms with Gasteiger partial charge in [0, 0.05) is 11.8 Å². The second kappa shape index (κ2) is 9.84. The molecule has 5 rings (SSSR count). The Labute approximate surface area is 219 Å². The van der Waals surface area contributed by atoms with Gasteiger partial charge in [0.1, 0.15) is 22.8 Å². The van der Waals surface area contributed by atoms with E-state index in [2.05, 4.69) is 30.0 Å². The Morgan fingerprint density at radius 1 is 1.08 bits per heavy atom. The zero-order valence-corrected chi connectivity index (χ0v) is 20.9. The standard InChI is InChI=1S/C25H19F4N5O4S/c1-13(22-23(20-5-2-15(26)11-31-20)34-21-12-30-7-6-19(21)33-22)32-24(35)14-8-16(38-25(27,28)29)10-18(9-14)39(36,37)17-3-4-17/h2,5-13,17H,3-4H2,1H3,(H,32,35)/t13-/m0/s1. The molecule has 0 bridgehead atoms. The molecule has 202 valence electrons. The van der Waals surface area contributed by atoms with Crippen LogP contribution in [0.2, 0.25) is 0 Å². The average molecular weight is 562 g/mol. The van der Waals surface area contributed by atoms with Crippen LogP contribution in [-0.2, 0) is 9.84 Å². The van der Waals surface area contributed by atoms with Gasteiger partial charge in [-0.25, -0.2) is 22.8 Å². The summed E-state index contributed by atoms with van der Waals surface area (Å²) in [6.07, 6.45) is -0.394. The molecule has 0 aliphatic heterocycles. The van der Waals surface area contributed by atoms with Crippen LogP contribution < -0.4 is 10.1 Å². The smallest absolute Gasteiger partial charge is 0.406 e. The molecule has 1 aliphatic carbocycles. The van der Waals surface area contributed by atoms with Crippen LogP contribution in [0.25, 0.3) is 22.4 Å². The maximum absolute atomic E-state index is 13.5. The van der Waals surface area contributed by atoms with E-state index in [4.69, 9.17) is 0 Å². The summed E-state index contributed by atoms with van der Waals surface area (Å²) in [5.41, 5.74) is 1.19. The van der Waals surface area contributed by atoms with Crippen LogP contribution >= 0.6 is 0 Å². The molecule has 1 N–H and O–H groups in total. The van der Waals surface area contributed by atoms with Crippen LogP contribution in [0.3, 0.4) is 0 Å². The first-order chi connectivity index (χ1) is 18.4.